The third kappa shape index (κ3) is 2.67. The Morgan fingerprint density at radius 1 is 1.35 bits per heavy atom. The van der Waals surface area contributed by atoms with Crippen molar-refractivity contribution in [1.29, 1.82) is 0 Å². The molecular weight excluding hydrogens is 246 g/mol. The molecule has 17 heavy (non-hydrogen) atoms. The molecule has 0 saturated carbocycles. The van der Waals surface area contributed by atoms with E-state index in [-0.39, 0.29) is 0 Å². The first-order valence-corrected chi connectivity index (χ1v) is 8.43. The van der Waals surface area contributed by atoms with E-state index in [4.69, 9.17) is 0 Å². The van der Waals surface area contributed by atoms with Crippen LogP contribution in [0.15, 0.2) is 29.2 Å². The van der Waals surface area contributed by atoms with Crippen molar-refractivity contribution in [2.75, 3.05) is 24.6 Å². The van der Waals surface area contributed by atoms with Gasteiger partial charge in [-0.25, -0.2) is 0 Å². The molecule has 0 aliphatic carbocycles. The van der Waals surface area contributed by atoms with E-state index in [0.717, 1.165) is 11.3 Å². The summed E-state index contributed by atoms with van der Waals surface area (Å²) in [6, 6.07) is 9.65. The molecule has 1 aromatic rings. The molecule has 1 nitrogen and oxygen atoms in total. The van der Waals surface area contributed by atoms with Gasteiger partial charge in [0, 0.05) is 40.8 Å². The standard InChI is InChI=1S/C14H19NS2/c1-11-10-16-7-6-15(11)9-13-8-12-4-2-3-5-14(12)17-13/h2-5,11,13H,6-10H2,1H3. The maximum atomic E-state index is 2.68. The van der Waals surface area contributed by atoms with Crippen molar-refractivity contribution in [1.82, 2.24) is 4.90 Å². The molecule has 2 aliphatic rings. The Hall–Kier alpha value is -0.120. The molecule has 0 bridgehead atoms. The molecule has 0 amide bonds. The molecule has 2 heterocycles. The van der Waals surface area contributed by atoms with Gasteiger partial charge in [0.2, 0.25) is 0 Å². The number of rotatable bonds is 2. The van der Waals surface area contributed by atoms with Crippen molar-refractivity contribution < 1.29 is 0 Å². The summed E-state index contributed by atoms with van der Waals surface area (Å²) in [6.07, 6.45) is 1.26. The van der Waals surface area contributed by atoms with Crippen molar-refractivity contribution >= 4 is 23.5 Å². The monoisotopic (exact) mass is 265 g/mol. The van der Waals surface area contributed by atoms with Crippen LogP contribution in [0.5, 0.6) is 0 Å². The van der Waals surface area contributed by atoms with Crippen LogP contribution in [-0.2, 0) is 6.42 Å². The van der Waals surface area contributed by atoms with Crippen molar-refractivity contribution in [3.8, 4) is 0 Å². The van der Waals surface area contributed by atoms with E-state index in [1.165, 1.54) is 35.9 Å². The van der Waals surface area contributed by atoms with Crippen LogP contribution < -0.4 is 0 Å². The highest BCUT2D eigenvalue weighted by molar-refractivity contribution is 8.00. The molecule has 2 unspecified atom stereocenters. The minimum Gasteiger partial charge on any atom is -0.298 e. The van der Waals surface area contributed by atoms with Crippen molar-refractivity contribution in [2.45, 2.75) is 29.5 Å². The second-order valence-corrected chi connectivity index (χ2v) is 7.46. The highest BCUT2D eigenvalue weighted by Crippen LogP contribution is 2.37. The van der Waals surface area contributed by atoms with Gasteiger partial charge < -0.3 is 0 Å². The molecule has 3 heteroatoms. The number of nitrogens with zero attached hydrogens (tertiary/aromatic N) is 1. The van der Waals surface area contributed by atoms with Crippen LogP contribution in [-0.4, -0.2) is 40.8 Å². The zero-order valence-electron chi connectivity index (χ0n) is 10.3. The van der Waals surface area contributed by atoms with Crippen LogP contribution in [0.1, 0.15) is 12.5 Å². The van der Waals surface area contributed by atoms with Crippen LogP contribution >= 0.6 is 23.5 Å². The van der Waals surface area contributed by atoms with Gasteiger partial charge in [0.15, 0.2) is 0 Å². The van der Waals surface area contributed by atoms with Gasteiger partial charge in [-0.15, -0.1) is 11.8 Å². The molecule has 1 aromatic carbocycles. The van der Waals surface area contributed by atoms with E-state index in [9.17, 15) is 0 Å². The highest BCUT2D eigenvalue weighted by Gasteiger charge is 2.27. The predicted molar refractivity (Wildman–Crippen MR) is 78.2 cm³/mol. The zero-order chi connectivity index (χ0) is 11.7. The molecule has 0 aromatic heterocycles. The van der Waals surface area contributed by atoms with Gasteiger partial charge in [-0.05, 0) is 25.0 Å². The summed E-state index contributed by atoms with van der Waals surface area (Å²) in [5.41, 5.74) is 1.56. The van der Waals surface area contributed by atoms with Crippen LogP contribution in [0.4, 0.5) is 0 Å². The quantitative estimate of drug-likeness (QED) is 0.809. The molecule has 3 rings (SSSR count). The second-order valence-electron chi connectivity index (χ2n) is 4.97. The van der Waals surface area contributed by atoms with Crippen LogP contribution in [0.25, 0.3) is 0 Å². The number of hydrogen-bond donors (Lipinski definition) is 0. The minimum absolute atomic E-state index is 0.762. The van der Waals surface area contributed by atoms with E-state index in [1.54, 1.807) is 5.56 Å². The van der Waals surface area contributed by atoms with Crippen molar-refractivity contribution in [2.24, 2.45) is 0 Å². The van der Waals surface area contributed by atoms with E-state index in [0.29, 0.717) is 0 Å². The van der Waals surface area contributed by atoms with Crippen LogP contribution in [0, 0.1) is 0 Å². The Bertz CT molecular complexity index is 369. The number of benzene rings is 1. The maximum absolute atomic E-state index is 2.68. The fourth-order valence-electron chi connectivity index (χ4n) is 2.65. The summed E-state index contributed by atoms with van der Waals surface area (Å²) in [5, 5.41) is 0.776. The lowest BCUT2D eigenvalue weighted by atomic mass is 10.1. The molecular formula is C14H19NS2. The van der Waals surface area contributed by atoms with Gasteiger partial charge in [0.05, 0.1) is 0 Å². The topological polar surface area (TPSA) is 3.24 Å². The molecule has 0 radical (unpaired) electrons. The summed E-state index contributed by atoms with van der Waals surface area (Å²) in [4.78, 5) is 4.19. The molecule has 2 atom stereocenters. The number of fused-ring (bicyclic) bond motifs is 1. The first-order chi connectivity index (χ1) is 8.33. The third-order valence-electron chi connectivity index (χ3n) is 3.66. The average Bonchev–Trinajstić information content (AvgIpc) is 2.74. The Kier molecular flexibility index (Phi) is 3.69. The van der Waals surface area contributed by atoms with Gasteiger partial charge >= 0.3 is 0 Å². The highest BCUT2D eigenvalue weighted by atomic mass is 32.2. The van der Waals surface area contributed by atoms with E-state index in [1.807, 2.05) is 0 Å². The van der Waals surface area contributed by atoms with Crippen LogP contribution in [0.3, 0.4) is 0 Å². The first kappa shape index (κ1) is 11.9. The zero-order valence-corrected chi connectivity index (χ0v) is 11.9. The van der Waals surface area contributed by atoms with E-state index < -0.39 is 0 Å². The number of hydrogen-bond acceptors (Lipinski definition) is 3. The molecule has 0 N–H and O–H groups in total. The van der Waals surface area contributed by atoms with Gasteiger partial charge in [-0.3, -0.25) is 4.90 Å². The van der Waals surface area contributed by atoms with E-state index >= 15 is 0 Å². The summed E-state index contributed by atoms with van der Waals surface area (Å²) < 4.78 is 0. The van der Waals surface area contributed by atoms with Gasteiger partial charge in [0.25, 0.3) is 0 Å². The Morgan fingerprint density at radius 2 is 2.24 bits per heavy atom. The fraction of sp³-hybridized carbons (Fsp3) is 0.571. The lowest BCUT2D eigenvalue weighted by Gasteiger charge is -2.34. The average molecular weight is 265 g/mol. The Labute approximate surface area is 112 Å². The molecule has 1 fully saturated rings. The Balaban J connectivity index is 1.61. The largest absolute Gasteiger partial charge is 0.298 e. The smallest absolute Gasteiger partial charge is 0.0263 e. The summed E-state index contributed by atoms with van der Waals surface area (Å²) in [5.74, 6) is 2.62. The van der Waals surface area contributed by atoms with E-state index in [2.05, 4.69) is 59.6 Å². The maximum Gasteiger partial charge on any atom is 0.0263 e. The summed E-state index contributed by atoms with van der Waals surface area (Å²) in [6.45, 7) is 4.92. The van der Waals surface area contributed by atoms with Gasteiger partial charge in [-0.2, -0.15) is 11.8 Å². The third-order valence-corrected chi connectivity index (χ3v) is 6.15. The molecule has 92 valence electrons. The van der Waals surface area contributed by atoms with Gasteiger partial charge in [-0.1, -0.05) is 18.2 Å². The summed E-state index contributed by atoms with van der Waals surface area (Å²) >= 11 is 4.19. The molecule has 1 saturated heterocycles. The number of thioether (sulfide) groups is 2. The van der Waals surface area contributed by atoms with Crippen molar-refractivity contribution in [3.63, 3.8) is 0 Å². The van der Waals surface area contributed by atoms with Crippen LogP contribution in [0.2, 0.25) is 0 Å². The Morgan fingerprint density at radius 3 is 3.06 bits per heavy atom. The SMILES string of the molecule is CC1CSCCN1CC1Cc2ccccc2S1. The van der Waals surface area contributed by atoms with Crippen molar-refractivity contribution in [3.05, 3.63) is 29.8 Å². The molecule has 0 spiro atoms. The summed E-state index contributed by atoms with van der Waals surface area (Å²) in [7, 11) is 0. The first-order valence-electron chi connectivity index (χ1n) is 6.39. The van der Waals surface area contributed by atoms with Gasteiger partial charge in [0.1, 0.15) is 0 Å². The fourth-order valence-corrected chi connectivity index (χ4v) is 5.08. The molecule has 2 aliphatic heterocycles. The lowest BCUT2D eigenvalue weighted by Crippen LogP contribution is -2.43. The second kappa shape index (κ2) is 5.25. The normalized spacial score (nSPS) is 29.2. The minimum atomic E-state index is 0.762. The lowest BCUT2D eigenvalue weighted by molar-refractivity contribution is 0.234. The predicted octanol–water partition coefficient (Wildman–Crippen LogP) is 3.14.